The van der Waals surface area contributed by atoms with E-state index >= 15 is 0 Å². The van der Waals surface area contributed by atoms with Gasteiger partial charge in [0.1, 0.15) is 0 Å². The first-order valence-electron chi connectivity index (χ1n) is 12.7. The van der Waals surface area contributed by atoms with Crippen molar-refractivity contribution < 1.29 is 14.3 Å². The van der Waals surface area contributed by atoms with Crippen LogP contribution in [0, 0.1) is 0 Å². The Morgan fingerprint density at radius 2 is 1.67 bits per heavy atom. The summed E-state index contributed by atoms with van der Waals surface area (Å²) in [5, 5.41) is 3.25. The molecule has 198 valence electrons. The van der Waals surface area contributed by atoms with Gasteiger partial charge in [0.25, 0.3) is 0 Å². The maximum absolute atomic E-state index is 13.6. The van der Waals surface area contributed by atoms with Gasteiger partial charge in [-0.2, -0.15) is 0 Å². The molecule has 0 aliphatic carbocycles. The van der Waals surface area contributed by atoms with Crippen LogP contribution in [-0.4, -0.2) is 40.5 Å². The standard InChI is InChI=1S/C31H28ClN3O3S/c1-3-38-30(37)27-28(22-12-8-5-9-13-22)33-31-35(29(27)23-14-16-24(32)17-15-23)25(20-39-31)18-26(36)34(2)19-21-10-6-4-7-11-21/h4-17,20,29H,3,18-19H2,1-2H3. The number of esters is 1. The summed E-state index contributed by atoms with van der Waals surface area (Å²) < 4.78 is 5.56. The molecule has 0 fully saturated rings. The molecule has 5 rings (SSSR count). The summed E-state index contributed by atoms with van der Waals surface area (Å²) in [5.41, 5.74) is 4.49. The van der Waals surface area contributed by atoms with Gasteiger partial charge in [-0.25, -0.2) is 9.79 Å². The van der Waals surface area contributed by atoms with Crippen LogP contribution in [0.15, 0.2) is 107 Å². The molecule has 2 aliphatic rings. The van der Waals surface area contributed by atoms with Gasteiger partial charge >= 0.3 is 5.97 Å². The SMILES string of the molecule is CCOC(=O)C1=C(c2ccccc2)N=C2SC=C(CC(=O)N(C)Cc3ccccc3)N2C1c1ccc(Cl)cc1. The highest BCUT2D eigenvalue weighted by Gasteiger charge is 2.42. The van der Waals surface area contributed by atoms with E-state index in [1.807, 2.05) is 83.1 Å². The van der Waals surface area contributed by atoms with E-state index < -0.39 is 12.0 Å². The van der Waals surface area contributed by atoms with Gasteiger partial charge in [0.2, 0.25) is 5.91 Å². The van der Waals surface area contributed by atoms with Gasteiger partial charge in [-0.05, 0) is 35.6 Å². The zero-order chi connectivity index (χ0) is 27.4. The summed E-state index contributed by atoms with van der Waals surface area (Å²) in [4.78, 5) is 35.6. The normalized spacial score (nSPS) is 16.4. The van der Waals surface area contributed by atoms with Gasteiger partial charge in [-0.1, -0.05) is 96.2 Å². The average molecular weight is 558 g/mol. The van der Waals surface area contributed by atoms with Gasteiger partial charge in [0.05, 0.1) is 30.3 Å². The molecule has 0 bridgehead atoms. The number of amides is 1. The van der Waals surface area contributed by atoms with Crippen LogP contribution in [0.2, 0.25) is 5.02 Å². The highest BCUT2D eigenvalue weighted by atomic mass is 35.5. The molecule has 0 saturated heterocycles. The summed E-state index contributed by atoms with van der Waals surface area (Å²) in [7, 11) is 1.80. The number of rotatable bonds is 8. The van der Waals surface area contributed by atoms with Crippen molar-refractivity contribution in [1.82, 2.24) is 9.80 Å². The van der Waals surface area contributed by atoms with Gasteiger partial charge < -0.3 is 14.5 Å². The molecule has 0 saturated carbocycles. The highest BCUT2D eigenvalue weighted by molar-refractivity contribution is 8.16. The third kappa shape index (κ3) is 5.79. The summed E-state index contributed by atoms with van der Waals surface area (Å²) >= 11 is 7.68. The second-order valence-corrected chi connectivity index (χ2v) is 10.5. The number of fused-ring (bicyclic) bond motifs is 1. The largest absolute Gasteiger partial charge is 0.463 e. The summed E-state index contributed by atoms with van der Waals surface area (Å²) in [6.07, 6.45) is 0.163. The number of carbonyl (C=O) groups excluding carboxylic acids is 2. The average Bonchev–Trinajstić information content (AvgIpc) is 3.36. The molecule has 39 heavy (non-hydrogen) atoms. The molecular weight excluding hydrogens is 530 g/mol. The molecule has 6 nitrogen and oxygen atoms in total. The smallest absolute Gasteiger partial charge is 0.338 e. The van der Waals surface area contributed by atoms with E-state index in [9.17, 15) is 9.59 Å². The second kappa shape index (κ2) is 11.9. The molecule has 3 aromatic rings. The lowest BCUT2D eigenvalue weighted by atomic mass is 9.91. The molecular formula is C31H28ClN3O3S. The van der Waals surface area contributed by atoms with Crippen LogP contribution in [0.1, 0.15) is 36.1 Å². The third-order valence-electron chi connectivity index (χ3n) is 6.56. The Morgan fingerprint density at radius 1 is 1.00 bits per heavy atom. The van der Waals surface area contributed by atoms with E-state index in [0.29, 0.717) is 28.0 Å². The maximum Gasteiger partial charge on any atom is 0.338 e. The van der Waals surface area contributed by atoms with Crippen molar-refractivity contribution in [2.45, 2.75) is 25.9 Å². The summed E-state index contributed by atoms with van der Waals surface area (Å²) in [6.45, 7) is 2.52. The van der Waals surface area contributed by atoms with E-state index in [-0.39, 0.29) is 18.9 Å². The predicted octanol–water partition coefficient (Wildman–Crippen LogP) is 6.66. The Bertz CT molecular complexity index is 1450. The monoisotopic (exact) mass is 557 g/mol. The Morgan fingerprint density at radius 3 is 2.33 bits per heavy atom. The van der Waals surface area contributed by atoms with Crippen LogP contribution >= 0.6 is 23.4 Å². The van der Waals surface area contributed by atoms with Crippen LogP contribution in [0.25, 0.3) is 5.70 Å². The Balaban J connectivity index is 1.54. The number of thioether (sulfide) groups is 1. The van der Waals surface area contributed by atoms with E-state index in [4.69, 9.17) is 21.3 Å². The zero-order valence-corrected chi connectivity index (χ0v) is 23.3. The fourth-order valence-corrected chi connectivity index (χ4v) is 5.73. The first-order chi connectivity index (χ1) is 19.0. The van der Waals surface area contributed by atoms with Crippen LogP contribution in [0.4, 0.5) is 0 Å². The molecule has 0 aromatic heterocycles. The van der Waals surface area contributed by atoms with E-state index in [1.54, 1.807) is 31.0 Å². The molecule has 8 heteroatoms. The molecule has 1 amide bonds. The van der Waals surface area contributed by atoms with Crippen molar-refractivity contribution in [2.24, 2.45) is 4.99 Å². The lowest BCUT2D eigenvalue weighted by Gasteiger charge is -2.37. The van der Waals surface area contributed by atoms with Crippen molar-refractivity contribution >= 4 is 46.1 Å². The second-order valence-electron chi connectivity index (χ2n) is 9.21. The van der Waals surface area contributed by atoms with Crippen LogP contribution in [0.3, 0.4) is 0 Å². The molecule has 1 unspecified atom stereocenters. The maximum atomic E-state index is 13.6. The van der Waals surface area contributed by atoms with Crippen molar-refractivity contribution in [3.05, 3.63) is 123 Å². The topological polar surface area (TPSA) is 62.2 Å². The first-order valence-corrected chi connectivity index (χ1v) is 14.0. The minimum absolute atomic E-state index is 0.0303. The Labute approximate surface area is 237 Å². The Kier molecular flexibility index (Phi) is 8.19. The number of hydrogen-bond acceptors (Lipinski definition) is 6. The van der Waals surface area contributed by atoms with Gasteiger partial charge in [-0.15, -0.1) is 0 Å². The van der Waals surface area contributed by atoms with E-state index in [0.717, 1.165) is 22.4 Å². The molecule has 0 N–H and O–H groups in total. The minimum atomic E-state index is -0.544. The quantitative estimate of drug-likeness (QED) is 0.290. The third-order valence-corrected chi connectivity index (χ3v) is 7.70. The number of aliphatic imine (C=N–C) groups is 1. The van der Waals surface area contributed by atoms with E-state index in [2.05, 4.69) is 0 Å². The van der Waals surface area contributed by atoms with Crippen molar-refractivity contribution in [2.75, 3.05) is 13.7 Å². The van der Waals surface area contributed by atoms with Crippen LogP contribution in [-0.2, 0) is 20.9 Å². The molecule has 3 aromatic carbocycles. The molecule has 2 heterocycles. The number of carbonyl (C=O) groups is 2. The molecule has 0 spiro atoms. The zero-order valence-electron chi connectivity index (χ0n) is 21.7. The van der Waals surface area contributed by atoms with Gasteiger partial charge in [-0.3, -0.25) is 4.79 Å². The summed E-state index contributed by atoms with van der Waals surface area (Å²) in [6, 6.07) is 26.4. The van der Waals surface area contributed by atoms with Crippen LogP contribution in [0.5, 0.6) is 0 Å². The first kappa shape index (κ1) is 26.8. The van der Waals surface area contributed by atoms with Crippen molar-refractivity contribution in [3.63, 3.8) is 0 Å². The van der Waals surface area contributed by atoms with Crippen LogP contribution < -0.4 is 0 Å². The predicted molar refractivity (Wildman–Crippen MR) is 157 cm³/mol. The number of benzene rings is 3. The number of amidine groups is 1. The van der Waals surface area contributed by atoms with Gasteiger partial charge in [0, 0.05) is 29.9 Å². The molecule has 2 aliphatic heterocycles. The number of nitrogens with zero attached hydrogens (tertiary/aromatic N) is 3. The highest BCUT2D eigenvalue weighted by Crippen LogP contribution is 2.47. The fourth-order valence-electron chi connectivity index (χ4n) is 4.68. The van der Waals surface area contributed by atoms with Crippen molar-refractivity contribution in [1.29, 1.82) is 0 Å². The Hall–Kier alpha value is -3.81. The minimum Gasteiger partial charge on any atom is -0.463 e. The number of hydrogen-bond donors (Lipinski definition) is 0. The molecule has 1 atom stereocenters. The number of ether oxygens (including phenoxy) is 1. The van der Waals surface area contributed by atoms with Gasteiger partial charge in [0.15, 0.2) is 5.17 Å². The molecule has 0 radical (unpaired) electrons. The lowest BCUT2D eigenvalue weighted by molar-refractivity contribution is -0.139. The lowest BCUT2D eigenvalue weighted by Crippen LogP contribution is -2.38. The summed E-state index contributed by atoms with van der Waals surface area (Å²) in [5.74, 6) is -0.472. The fraction of sp³-hybridized carbons (Fsp3) is 0.194. The number of halogens is 1. The van der Waals surface area contributed by atoms with Crippen molar-refractivity contribution in [3.8, 4) is 0 Å². The van der Waals surface area contributed by atoms with E-state index in [1.165, 1.54) is 11.8 Å².